The zero-order valence-electron chi connectivity index (χ0n) is 16.4. The Morgan fingerprint density at radius 3 is 2.70 bits per heavy atom. The van der Waals surface area contributed by atoms with Crippen molar-refractivity contribution in [2.24, 2.45) is 4.99 Å². The molecule has 0 bridgehead atoms. The molecule has 1 unspecified atom stereocenters. The van der Waals surface area contributed by atoms with Gasteiger partial charge in [0, 0.05) is 45.2 Å². The van der Waals surface area contributed by atoms with Crippen molar-refractivity contribution in [1.82, 2.24) is 20.4 Å². The highest BCUT2D eigenvalue weighted by Crippen LogP contribution is 2.25. The molecule has 2 rings (SSSR count). The molecule has 154 valence electrons. The molecule has 0 spiro atoms. The number of carbonyl (C=O) groups excluding carboxylic acids is 1. The van der Waals surface area contributed by atoms with Crippen LogP contribution in [0.2, 0.25) is 0 Å². The predicted molar refractivity (Wildman–Crippen MR) is 122 cm³/mol. The summed E-state index contributed by atoms with van der Waals surface area (Å²) in [6.45, 7) is 7.22. The van der Waals surface area contributed by atoms with Crippen LogP contribution < -0.4 is 10.6 Å². The number of nitrogens with zero attached hydrogens (tertiary/aromatic N) is 3. The summed E-state index contributed by atoms with van der Waals surface area (Å²) >= 11 is 1.77. The molecule has 2 N–H and O–H groups in total. The molecule has 0 aliphatic carbocycles. The summed E-state index contributed by atoms with van der Waals surface area (Å²) in [5.41, 5.74) is 0. The minimum absolute atomic E-state index is 0. The fourth-order valence-electron chi connectivity index (χ4n) is 2.68. The topological polar surface area (TPSA) is 69.2 Å². The predicted octanol–water partition coefficient (Wildman–Crippen LogP) is 1.77. The van der Waals surface area contributed by atoms with Crippen molar-refractivity contribution in [2.45, 2.75) is 19.4 Å². The van der Waals surface area contributed by atoms with Crippen LogP contribution in [0.15, 0.2) is 22.5 Å². The SMILES string of the molecule is CCCNC(=NCC(=O)N(C)C)NCC(c1cccs1)N1CCOCC1.I. The third-order valence-corrected chi connectivity index (χ3v) is 5.21. The highest BCUT2D eigenvalue weighted by Gasteiger charge is 2.23. The van der Waals surface area contributed by atoms with E-state index in [1.54, 1.807) is 30.3 Å². The molecule has 0 saturated carbocycles. The van der Waals surface area contributed by atoms with E-state index in [4.69, 9.17) is 4.74 Å². The van der Waals surface area contributed by atoms with Crippen molar-refractivity contribution in [3.05, 3.63) is 22.4 Å². The molecule has 1 saturated heterocycles. The van der Waals surface area contributed by atoms with Gasteiger partial charge in [0.25, 0.3) is 0 Å². The summed E-state index contributed by atoms with van der Waals surface area (Å²) in [7, 11) is 3.49. The van der Waals surface area contributed by atoms with Crippen molar-refractivity contribution in [1.29, 1.82) is 0 Å². The van der Waals surface area contributed by atoms with Crippen LogP contribution in [-0.2, 0) is 9.53 Å². The number of guanidine groups is 1. The van der Waals surface area contributed by atoms with Crippen LogP contribution in [0.5, 0.6) is 0 Å². The van der Waals surface area contributed by atoms with Gasteiger partial charge in [0.15, 0.2) is 5.96 Å². The van der Waals surface area contributed by atoms with E-state index < -0.39 is 0 Å². The molecule has 1 aromatic rings. The molecule has 1 atom stereocenters. The number of likely N-dealkylation sites (N-methyl/N-ethyl adjacent to an activating group) is 1. The first-order valence-corrected chi connectivity index (χ1v) is 10.1. The van der Waals surface area contributed by atoms with Gasteiger partial charge in [0.1, 0.15) is 6.54 Å². The fraction of sp³-hybridized carbons (Fsp3) is 0.667. The molecule has 0 aromatic carbocycles. The van der Waals surface area contributed by atoms with Crippen LogP contribution in [0.3, 0.4) is 0 Å². The first kappa shape index (κ1) is 24.1. The van der Waals surface area contributed by atoms with Crippen molar-refractivity contribution in [3.8, 4) is 0 Å². The smallest absolute Gasteiger partial charge is 0.243 e. The van der Waals surface area contributed by atoms with Gasteiger partial charge in [-0.05, 0) is 17.9 Å². The van der Waals surface area contributed by atoms with Crippen LogP contribution in [0.1, 0.15) is 24.3 Å². The second-order valence-corrected chi connectivity index (χ2v) is 7.42. The highest BCUT2D eigenvalue weighted by molar-refractivity contribution is 14.0. The Labute approximate surface area is 183 Å². The van der Waals surface area contributed by atoms with E-state index in [0.29, 0.717) is 5.96 Å². The number of rotatable bonds is 8. The molecule has 2 heterocycles. The van der Waals surface area contributed by atoms with Gasteiger partial charge in [-0.15, -0.1) is 35.3 Å². The molecule has 1 aliphatic heterocycles. The number of hydrogen-bond acceptors (Lipinski definition) is 5. The second kappa shape index (κ2) is 13.3. The Bertz CT molecular complexity index is 562. The van der Waals surface area contributed by atoms with Crippen molar-refractivity contribution < 1.29 is 9.53 Å². The average molecular weight is 509 g/mol. The first-order chi connectivity index (χ1) is 12.6. The van der Waals surface area contributed by atoms with Gasteiger partial charge in [-0.2, -0.15) is 0 Å². The summed E-state index contributed by atoms with van der Waals surface area (Å²) in [6, 6.07) is 4.54. The lowest BCUT2D eigenvalue weighted by Gasteiger charge is -2.34. The minimum atomic E-state index is -0.00872. The summed E-state index contributed by atoms with van der Waals surface area (Å²) in [5, 5.41) is 8.84. The van der Waals surface area contributed by atoms with Gasteiger partial charge >= 0.3 is 0 Å². The van der Waals surface area contributed by atoms with Gasteiger partial charge in [0.05, 0.1) is 19.3 Å². The monoisotopic (exact) mass is 509 g/mol. The molecular formula is C18H32IN5O2S. The van der Waals surface area contributed by atoms with E-state index >= 15 is 0 Å². The van der Waals surface area contributed by atoms with Crippen LogP contribution in [0.25, 0.3) is 0 Å². The van der Waals surface area contributed by atoms with Crippen molar-refractivity contribution in [2.75, 3.05) is 60.0 Å². The fourth-order valence-corrected chi connectivity index (χ4v) is 3.54. The molecule has 9 heteroatoms. The number of ether oxygens (including phenoxy) is 1. The van der Waals surface area contributed by atoms with E-state index in [0.717, 1.165) is 45.8 Å². The molecular weight excluding hydrogens is 477 g/mol. The molecule has 0 radical (unpaired) electrons. The van der Waals surface area contributed by atoms with Crippen LogP contribution >= 0.6 is 35.3 Å². The van der Waals surface area contributed by atoms with Crippen LogP contribution in [0.4, 0.5) is 0 Å². The van der Waals surface area contributed by atoms with E-state index in [2.05, 4.69) is 45.0 Å². The first-order valence-electron chi connectivity index (χ1n) is 9.19. The van der Waals surface area contributed by atoms with E-state index in [-0.39, 0.29) is 42.5 Å². The van der Waals surface area contributed by atoms with E-state index in [1.165, 1.54) is 4.88 Å². The highest BCUT2D eigenvalue weighted by atomic mass is 127. The third kappa shape index (κ3) is 8.32. The maximum Gasteiger partial charge on any atom is 0.243 e. The Kier molecular flexibility index (Phi) is 11.9. The lowest BCUT2D eigenvalue weighted by atomic mass is 10.2. The van der Waals surface area contributed by atoms with Gasteiger partial charge < -0.3 is 20.3 Å². The molecule has 1 aromatic heterocycles. The number of hydrogen-bond donors (Lipinski definition) is 2. The lowest BCUT2D eigenvalue weighted by Crippen LogP contribution is -2.46. The van der Waals surface area contributed by atoms with E-state index in [1.807, 2.05) is 0 Å². The summed E-state index contributed by atoms with van der Waals surface area (Å²) in [4.78, 5) is 21.6. The number of amides is 1. The summed E-state index contributed by atoms with van der Waals surface area (Å²) < 4.78 is 5.50. The molecule has 7 nitrogen and oxygen atoms in total. The minimum Gasteiger partial charge on any atom is -0.379 e. The lowest BCUT2D eigenvalue weighted by molar-refractivity contribution is -0.127. The Morgan fingerprint density at radius 1 is 1.37 bits per heavy atom. The second-order valence-electron chi connectivity index (χ2n) is 6.44. The van der Waals surface area contributed by atoms with Crippen LogP contribution in [0, 0.1) is 0 Å². The number of aliphatic imine (C=N–C) groups is 1. The molecule has 27 heavy (non-hydrogen) atoms. The number of carbonyl (C=O) groups is 1. The number of morpholine rings is 1. The van der Waals surface area contributed by atoms with Gasteiger partial charge in [0.2, 0.25) is 5.91 Å². The van der Waals surface area contributed by atoms with E-state index in [9.17, 15) is 4.79 Å². The Hall–Kier alpha value is -0.910. The third-order valence-electron chi connectivity index (χ3n) is 4.23. The van der Waals surface area contributed by atoms with Crippen molar-refractivity contribution in [3.63, 3.8) is 0 Å². The van der Waals surface area contributed by atoms with Gasteiger partial charge in [-0.1, -0.05) is 13.0 Å². The molecule has 1 fully saturated rings. The quantitative estimate of drug-likeness (QED) is 0.318. The largest absolute Gasteiger partial charge is 0.379 e. The Balaban J connectivity index is 0.00000364. The zero-order valence-corrected chi connectivity index (χ0v) is 19.6. The number of thiophene rings is 1. The molecule has 1 aliphatic rings. The molecule has 1 amide bonds. The standard InChI is InChI=1S/C18H31N5O2S.HI/c1-4-7-19-18(21-14-17(24)22(2)3)20-13-15(16-6-5-12-26-16)23-8-10-25-11-9-23;/h5-6,12,15H,4,7-11,13-14H2,1-3H3,(H2,19,20,21);1H. The Morgan fingerprint density at radius 2 is 2.11 bits per heavy atom. The summed E-state index contributed by atoms with van der Waals surface area (Å²) in [5.74, 6) is 0.683. The normalized spacial score (nSPS) is 16.3. The van der Waals surface area contributed by atoms with Gasteiger partial charge in [-0.25, -0.2) is 4.99 Å². The summed E-state index contributed by atoms with van der Waals surface area (Å²) in [6.07, 6.45) is 1.00. The van der Waals surface area contributed by atoms with Crippen LogP contribution in [-0.4, -0.2) is 81.7 Å². The van der Waals surface area contributed by atoms with Crippen molar-refractivity contribution >= 4 is 47.2 Å². The number of nitrogens with one attached hydrogen (secondary N) is 2. The average Bonchev–Trinajstić information content (AvgIpc) is 3.18. The number of halogens is 1. The van der Waals surface area contributed by atoms with Gasteiger partial charge in [-0.3, -0.25) is 9.69 Å². The zero-order chi connectivity index (χ0) is 18.8. The maximum absolute atomic E-state index is 11.8. The maximum atomic E-state index is 11.8.